The summed E-state index contributed by atoms with van der Waals surface area (Å²) in [5.74, 6) is 0.0299. The zero-order chi connectivity index (χ0) is 13.0. The van der Waals surface area contributed by atoms with Crippen molar-refractivity contribution in [2.24, 2.45) is 11.7 Å². The molecule has 102 valence electrons. The summed E-state index contributed by atoms with van der Waals surface area (Å²) in [5.41, 5.74) is 5.44. The van der Waals surface area contributed by atoms with E-state index in [2.05, 4.69) is 0 Å². The summed E-state index contributed by atoms with van der Waals surface area (Å²) in [6.07, 6.45) is 10.6. The Bertz CT molecular complexity index is 305. The van der Waals surface area contributed by atoms with Crippen LogP contribution in [-0.2, 0) is 4.79 Å². The smallest absolute Gasteiger partial charge is 0.321 e. The zero-order valence-corrected chi connectivity index (χ0v) is 11.1. The van der Waals surface area contributed by atoms with Crippen LogP contribution in [0.5, 0.6) is 0 Å². The van der Waals surface area contributed by atoms with Crippen molar-refractivity contribution >= 4 is 11.9 Å². The van der Waals surface area contributed by atoms with Gasteiger partial charge in [0.25, 0.3) is 0 Å². The molecule has 2 aliphatic carbocycles. The molecule has 0 radical (unpaired) electrons. The summed E-state index contributed by atoms with van der Waals surface area (Å²) in [6, 6.07) is -0.483. The standard InChI is InChI=1S/C14H24N2O2/c15-14(18)16(12-9-5-2-6-10-12)13(17)11-7-3-1-4-8-11/h11-12H,1-10H2,(H2,15,18). The van der Waals surface area contributed by atoms with Crippen molar-refractivity contribution in [3.05, 3.63) is 0 Å². The van der Waals surface area contributed by atoms with Crippen molar-refractivity contribution in [3.63, 3.8) is 0 Å². The second-order valence-electron chi connectivity index (χ2n) is 5.67. The third-order valence-electron chi connectivity index (χ3n) is 4.37. The highest BCUT2D eigenvalue weighted by atomic mass is 16.2. The molecule has 0 atom stereocenters. The quantitative estimate of drug-likeness (QED) is 0.821. The van der Waals surface area contributed by atoms with Crippen LogP contribution < -0.4 is 5.73 Å². The fourth-order valence-corrected chi connectivity index (χ4v) is 3.35. The monoisotopic (exact) mass is 252 g/mol. The van der Waals surface area contributed by atoms with Crippen molar-refractivity contribution in [2.75, 3.05) is 0 Å². The van der Waals surface area contributed by atoms with Crippen molar-refractivity contribution in [3.8, 4) is 0 Å². The van der Waals surface area contributed by atoms with Crippen LogP contribution in [0.25, 0.3) is 0 Å². The van der Waals surface area contributed by atoms with Gasteiger partial charge in [0.15, 0.2) is 0 Å². The highest BCUT2D eigenvalue weighted by Crippen LogP contribution is 2.29. The predicted molar refractivity (Wildman–Crippen MR) is 69.9 cm³/mol. The molecule has 0 aromatic carbocycles. The van der Waals surface area contributed by atoms with Gasteiger partial charge in [-0.05, 0) is 25.7 Å². The maximum Gasteiger partial charge on any atom is 0.321 e. The Labute approximate surface area is 109 Å². The molecule has 0 unspecified atom stereocenters. The molecule has 0 heterocycles. The van der Waals surface area contributed by atoms with Crippen LogP contribution in [0, 0.1) is 5.92 Å². The lowest BCUT2D eigenvalue weighted by atomic mass is 9.87. The molecule has 0 aromatic heterocycles. The topological polar surface area (TPSA) is 63.4 Å². The molecule has 0 saturated heterocycles. The Morgan fingerprint density at radius 1 is 0.833 bits per heavy atom. The SMILES string of the molecule is NC(=O)N(C(=O)C1CCCCC1)C1CCCCC1. The van der Waals surface area contributed by atoms with Gasteiger partial charge < -0.3 is 5.73 Å². The highest BCUT2D eigenvalue weighted by molar-refractivity contribution is 5.95. The normalized spacial score (nSPS) is 22.7. The Hall–Kier alpha value is -1.06. The molecule has 3 amide bonds. The second kappa shape index (κ2) is 6.21. The van der Waals surface area contributed by atoms with E-state index in [0.717, 1.165) is 51.4 Å². The lowest BCUT2D eigenvalue weighted by Crippen LogP contribution is -2.50. The van der Waals surface area contributed by atoms with Gasteiger partial charge in [-0.25, -0.2) is 4.79 Å². The first-order valence-corrected chi connectivity index (χ1v) is 7.32. The van der Waals surface area contributed by atoms with Crippen molar-refractivity contribution in [1.29, 1.82) is 0 Å². The number of carbonyl (C=O) groups is 2. The number of amides is 3. The van der Waals surface area contributed by atoms with E-state index in [0.29, 0.717) is 0 Å². The van der Waals surface area contributed by atoms with Crippen molar-refractivity contribution < 1.29 is 9.59 Å². The number of rotatable bonds is 2. The van der Waals surface area contributed by atoms with Crippen LogP contribution in [0.2, 0.25) is 0 Å². The molecular weight excluding hydrogens is 228 g/mol. The van der Waals surface area contributed by atoms with E-state index in [1.165, 1.54) is 17.7 Å². The third-order valence-corrected chi connectivity index (χ3v) is 4.37. The zero-order valence-electron chi connectivity index (χ0n) is 11.1. The number of nitrogens with zero attached hydrogens (tertiary/aromatic N) is 1. The first-order valence-electron chi connectivity index (χ1n) is 7.32. The van der Waals surface area contributed by atoms with Crippen molar-refractivity contribution in [1.82, 2.24) is 4.90 Å². The van der Waals surface area contributed by atoms with Gasteiger partial charge in [-0.3, -0.25) is 9.69 Å². The summed E-state index contributed by atoms with van der Waals surface area (Å²) < 4.78 is 0. The Morgan fingerprint density at radius 3 is 1.83 bits per heavy atom. The summed E-state index contributed by atoms with van der Waals surface area (Å²) in [6.45, 7) is 0. The van der Waals surface area contributed by atoms with E-state index in [4.69, 9.17) is 5.73 Å². The number of primary amides is 1. The second-order valence-corrected chi connectivity index (χ2v) is 5.67. The molecule has 2 fully saturated rings. The average molecular weight is 252 g/mol. The molecular formula is C14H24N2O2. The number of nitrogens with two attached hydrogens (primary N) is 1. The van der Waals surface area contributed by atoms with E-state index < -0.39 is 6.03 Å². The molecule has 2 N–H and O–H groups in total. The van der Waals surface area contributed by atoms with E-state index in [1.807, 2.05) is 0 Å². The van der Waals surface area contributed by atoms with Gasteiger partial charge in [-0.1, -0.05) is 38.5 Å². The van der Waals surface area contributed by atoms with Gasteiger partial charge in [0.2, 0.25) is 5.91 Å². The minimum Gasteiger partial charge on any atom is -0.351 e. The fourth-order valence-electron chi connectivity index (χ4n) is 3.35. The maximum atomic E-state index is 12.5. The van der Waals surface area contributed by atoms with Crippen molar-refractivity contribution in [2.45, 2.75) is 70.3 Å². The number of urea groups is 1. The molecule has 18 heavy (non-hydrogen) atoms. The van der Waals surface area contributed by atoms with E-state index in [9.17, 15) is 9.59 Å². The summed E-state index contributed by atoms with van der Waals surface area (Å²) in [7, 11) is 0. The molecule has 0 aliphatic heterocycles. The lowest BCUT2D eigenvalue weighted by Gasteiger charge is -2.34. The van der Waals surface area contributed by atoms with Crippen LogP contribution in [0.3, 0.4) is 0 Å². The Morgan fingerprint density at radius 2 is 1.33 bits per heavy atom. The third kappa shape index (κ3) is 3.03. The lowest BCUT2D eigenvalue weighted by molar-refractivity contribution is -0.135. The van der Waals surface area contributed by atoms with Gasteiger partial charge >= 0.3 is 6.03 Å². The molecule has 2 aliphatic rings. The number of carbonyl (C=O) groups excluding carboxylic acids is 2. The number of hydrogen-bond donors (Lipinski definition) is 1. The molecule has 0 aromatic rings. The number of hydrogen-bond acceptors (Lipinski definition) is 2. The summed E-state index contributed by atoms with van der Waals surface area (Å²) >= 11 is 0. The Balaban J connectivity index is 2.03. The predicted octanol–water partition coefficient (Wildman–Crippen LogP) is 2.81. The van der Waals surface area contributed by atoms with E-state index in [-0.39, 0.29) is 17.9 Å². The number of imide groups is 1. The maximum absolute atomic E-state index is 12.5. The Kier molecular flexibility index (Phi) is 4.61. The first kappa shape index (κ1) is 13.4. The van der Waals surface area contributed by atoms with Gasteiger partial charge in [0, 0.05) is 12.0 Å². The van der Waals surface area contributed by atoms with E-state index >= 15 is 0 Å². The molecule has 4 nitrogen and oxygen atoms in total. The minimum atomic E-state index is -0.544. The molecule has 0 bridgehead atoms. The average Bonchev–Trinajstić information content (AvgIpc) is 2.40. The van der Waals surface area contributed by atoms with Gasteiger partial charge in [-0.15, -0.1) is 0 Å². The van der Waals surface area contributed by atoms with Gasteiger partial charge in [-0.2, -0.15) is 0 Å². The molecule has 2 rings (SSSR count). The van der Waals surface area contributed by atoms with Crippen LogP contribution in [-0.4, -0.2) is 22.9 Å². The summed E-state index contributed by atoms with van der Waals surface area (Å²) in [4.78, 5) is 25.5. The largest absolute Gasteiger partial charge is 0.351 e. The summed E-state index contributed by atoms with van der Waals surface area (Å²) in [5, 5.41) is 0. The highest BCUT2D eigenvalue weighted by Gasteiger charge is 2.34. The molecule has 0 spiro atoms. The minimum absolute atomic E-state index is 0.00546. The van der Waals surface area contributed by atoms with Crippen LogP contribution in [0.15, 0.2) is 0 Å². The van der Waals surface area contributed by atoms with Crippen LogP contribution >= 0.6 is 0 Å². The van der Waals surface area contributed by atoms with Gasteiger partial charge in [0.1, 0.15) is 0 Å². The van der Waals surface area contributed by atoms with Crippen LogP contribution in [0.1, 0.15) is 64.2 Å². The molecule has 2 saturated carbocycles. The first-order chi connectivity index (χ1) is 8.70. The fraction of sp³-hybridized carbons (Fsp3) is 0.857. The molecule has 4 heteroatoms. The van der Waals surface area contributed by atoms with Crippen LogP contribution in [0.4, 0.5) is 4.79 Å². The van der Waals surface area contributed by atoms with Gasteiger partial charge in [0.05, 0.1) is 0 Å². The van der Waals surface area contributed by atoms with E-state index in [1.54, 1.807) is 0 Å².